The van der Waals surface area contributed by atoms with Crippen LogP contribution in [0.1, 0.15) is 40.5 Å². The molecule has 0 aromatic carbocycles. The van der Waals surface area contributed by atoms with E-state index in [2.05, 4.69) is 26.6 Å². The average Bonchev–Trinajstić information content (AvgIpc) is 3.36. The highest BCUT2D eigenvalue weighted by Crippen LogP contribution is 2.10. The number of imide groups is 2. The fourth-order valence-corrected chi connectivity index (χ4v) is 3.89. The summed E-state index contributed by atoms with van der Waals surface area (Å²) in [5, 5.41) is 13.0. The van der Waals surface area contributed by atoms with Crippen molar-refractivity contribution in [2.45, 2.75) is 71.0 Å². The van der Waals surface area contributed by atoms with Crippen molar-refractivity contribution in [3.05, 3.63) is 24.3 Å². The van der Waals surface area contributed by atoms with Crippen LogP contribution in [-0.2, 0) is 38.4 Å². The maximum absolute atomic E-state index is 12.5. The Balaban J connectivity index is 1.77. The van der Waals surface area contributed by atoms with Crippen LogP contribution in [0.4, 0.5) is 0 Å². The van der Waals surface area contributed by atoms with Crippen LogP contribution in [0.25, 0.3) is 0 Å². The van der Waals surface area contributed by atoms with Gasteiger partial charge in [-0.15, -0.1) is 0 Å². The number of nitrogens with one attached hydrogen (secondary N) is 5. The largest absolute Gasteiger partial charge is 0.336 e. The van der Waals surface area contributed by atoms with Crippen molar-refractivity contribution in [3.8, 4) is 0 Å². The molecule has 0 spiro atoms. The lowest BCUT2D eigenvalue weighted by molar-refractivity contribution is -0.145. The van der Waals surface area contributed by atoms with Crippen LogP contribution in [0.3, 0.4) is 0 Å². The van der Waals surface area contributed by atoms with E-state index in [1.807, 2.05) is 0 Å². The van der Waals surface area contributed by atoms with Crippen LogP contribution in [-0.4, -0.2) is 94.6 Å². The first kappa shape index (κ1) is 30.8. The molecule has 0 saturated carbocycles. The van der Waals surface area contributed by atoms with Crippen molar-refractivity contribution in [1.82, 2.24) is 36.4 Å². The zero-order valence-electron chi connectivity index (χ0n) is 22.3. The number of rotatable bonds is 13. The van der Waals surface area contributed by atoms with Gasteiger partial charge in [0.25, 0.3) is 23.6 Å². The minimum absolute atomic E-state index is 0.128. The van der Waals surface area contributed by atoms with Crippen molar-refractivity contribution < 1.29 is 38.4 Å². The van der Waals surface area contributed by atoms with E-state index < -0.39 is 77.7 Å². The van der Waals surface area contributed by atoms with Gasteiger partial charge in [0.05, 0.1) is 12.3 Å². The van der Waals surface area contributed by atoms with Gasteiger partial charge in [0.1, 0.15) is 12.1 Å². The lowest BCUT2D eigenvalue weighted by Gasteiger charge is -2.25. The summed E-state index contributed by atoms with van der Waals surface area (Å²) in [7, 11) is 1.56. The Kier molecular flexibility index (Phi) is 10.6. The molecule has 15 heteroatoms. The summed E-state index contributed by atoms with van der Waals surface area (Å²) in [6.07, 6.45) is 2.35. The monoisotopic (exact) mass is 547 g/mol. The zero-order chi connectivity index (χ0) is 29.4. The molecule has 5 N–H and O–H groups in total. The molecule has 0 fully saturated rings. The molecule has 4 atom stereocenters. The second-order valence-electron chi connectivity index (χ2n) is 9.10. The Labute approximate surface area is 224 Å². The average molecular weight is 548 g/mol. The van der Waals surface area contributed by atoms with Crippen LogP contribution >= 0.6 is 0 Å². The summed E-state index contributed by atoms with van der Waals surface area (Å²) in [5.41, 5.74) is 0. The number of nitrogens with zero attached hydrogens (tertiary/aromatic N) is 2. The van der Waals surface area contributed by atoms with E-state index >= 15 is 0 Å². The van der Waals surface area contributed by atoms with Crippen LogP contribution in [0.15, 0.2) is 24.3 Å². The van der Waals surface area contributed by atoms with E-state index in [0.29, 0.717) is 0 Å². The first-order chi connectivity index (χ1) is 18.2. The van der Waals surface area contributed by atoms with Crippen molar-refractivity contribution in [2.75, 3.05) is 7.05 Å². The van der Waals surface area contributed by atoms with Gasteiger partial charge in [-0.1, -0.05) is 0 Å². The quantitative estimate of drug-likeness (QED) is 0.119. The van der Waals surface area contributed by atoms with Crippen molar-refractivity contribution in [1.29, 1.82) is 0 Å². The summed E-state index contributed by atoms with van der Waals surface area (Å²) in [6.45, 7) is 5.77. The van der Waals surface area contributed by atoms with E-state index in [1.165, 1.54) is 27.7 Å². The van der Waals surface area contributed by atoms with E-state index in [4.69, 9.17) is 0 Å². The van der Waals surface area contributed by atoms with Gasteiger partial charge in [0, 0.05) is 43.2 Å². The SMILES string of the molecule is CNC(CC(=O)NC(C)NC(=O)C(C)N1C(=O)C=CC1=O)CC(=O)NC(C)NC(=O)C(C)N1C(=O)C=CC1=O. The number of hydrogen-bond donors (Lipinski definition) is 5. The fourth-order valence-electron chi connectivity index (χ4n) is 3.89. The zero-order valence-corrected chi connectivity index (χ0v) is 22.3. The smallest absolute Gasteiger partial charge is 0.254 e. The molecule has 0 radical (unpaired) electrons. The molecular formula is C24H33N7O8. The topological polar surface area (TPSA) is 203 Å². The van der Waals surface area contributed by atoms with Gasteiger partial charge < -0.3 is 26.6 Å². The van der Waals surface area contributed by atoms with Crippen molar-refractivity contribution >= 4 is 47.3 Å². The van der Waals surface area contributed by atoms with Gasteiger partial charge >= 0.3 is 0 Å². The third kappa shape index (κ3) is 8.29. The lowest BCUT2D eigenvalue weighted by atomic mass is 10.1. The molecule has 212 valence electrons. The van der Waals surface area contributed by atoms with E-state index in [9.17, 15) is 38.4 Å². The summed E-state index contributed by atoms with van der Waals surface area (Å²) in [5.74, 6) is -4.67. The van der Waals surface area contributed by atoms with Gasteiger partial charge in [-0.25, -0.2) is 0 Å². The number of carbonyl (C=O) groups excluding carboxylic acids is 8. The third-order valence-corrected chi connectivity index (χ3v) is 5.96. The maximum atomic E-state index is 12.5. The highest BCUT2D eigenvalue weighted by Gasteiger charge is 2.34. The molecule has 2 aliphatic rings. The Hall–Kier alpha value is -4.40. The second kappa shape index (κ2) is 13.4. The lowest BCUT2D eigenvalue weighted by Crippen LogP contribution is -2.54. The number of amides is 8. The number of carbonyl (C=O) groups is 8. The third-order valence-electron chi connectivity index (χ3n) is 5.96. The minimum Gasteiger partial charge on any atom is -0.336 e. The molecular weight excluding hydrogens is 514 g/mol. The molecule has 0 bridgehead atoms. The first-order valence-corrected chi connectivity index (χ1v) is 12.2. The molecule has 39 heavy (non-hydrogen) atoms. The molecule has 4 unspecified atom stereocenters. The maximum Gasteiger partial charge on any atom is 0.254 e. The highest BCUT2D eigenvalue weighted by atomic mass is 16.2. The Morgan fingerprint density at radius 3 is 1.21 bits per heavy atom. The summed E-state index contributed by atoms with van der Waals surface area (Å²) in [4.78, 5) is 98.3. The van der Waals surface area contributed by atoms with E-state index in [-0.39, 0.29) is 12.8 Å². The van der Waals surface area contributed by atoms with Crippen molar-refractivity contribution in [3.63, 3.8) is 0 Å². The number of hydrogen-bond acceptors (Lipinski definition) is 9. The first-order valence-electron chi connectivity index (χ1n) is 12.2. The predicted molar refractivity (Wildman–Crippen MR) is 134 cm³/mol. The molecule has 2 aliphatic heterocycles. The second-order valence-corrected chi connectivity index (χ2v) is 9.10. The molecule has 0 aromatic rings. The van der Waals surface area contributed by atoms with E-state index in [1.54, 1.807) is 7.05 Å². The molecule has 0 saturated heterocycles. The Morgan fingerprint density at radius 2 is 0.923 bits per heavy atom. The molecule has 0 aromatic heterocycles. The Bertz CT molecular complexity index is 998. The normalized spacial score (nSPS) is 18.5. The minimum atomic E-state index is -1.08. The molecule has 15 nitrogen and oxygen atoms in total. The molecule has 8 amide bonds. The van der Waals surface area contributed by atoms with Gasteiger partial charge in [-0.2, -0.15) is 0 Å². The fraction of sp³-hybridized carbons (Fsp3) is 0.500. The van der Waals surface area contributed by atoms with Crippen LogP contribution in [0.5, 0.6) is 0 Å². The highest BCUT2D eigenvalue weighted by molar-refractivity contribution is 6.15. The Morgan fingerprint density at radius 1 is 0.615 bits per heavy atom. The van der Waals surface area contributed by atoms with Gasteiger partial charge in [-0.05, 0) is 34.7 Å². The molecule has 0 aliphatic carbocycles. The van der Waals surface area contributed by atoms with Crippen LogP contribution < -0.4 is 26.6 Å². The molecule has 2 rings (SSSR count). The van der Waals surface area contributed by atoms with Gasteiger partial charge in [0.15, 0.2) is 0 Å². The van der Waals surface area contributed by atoms with Gasteiger partial charge in [-0.3, -0.25) is 48.2 Å². The summed E-state index contributed by atoms with van der Waals surface area (Å²) >= 11 is 0. The van der Waals surface area contributed by atoms with Gasteiger partial charge in [0.2, 0.25) is 23.6 Å². The summed E-state index contributed by atoms with van der Waals surface area (Å²) in [6, 6.07) is -2.75. The summed E-state index contributed by atoms with van der Waals surface area (Å²) < 4.78 is 0. The van der Waals surface area contributed by atoms with Crippen molar-refractivity contribution in [2.24, 2.45) is 0 Å². The van der Waals surface area contributed by atoms with E-state index in [0.717, 1.165) is 34.1 Å². The standard InChI is InChI=1S/C24H33N7O8/c1-12(30-19(34)6-7-20(30)35)23(38)28-14(3)26-17(32)10-16(25-5)11-18(33)27-15(4)29-24(39)13(2)31-21(36)8-9-22(31)37/h6-9,12-16,25H,10-11H2,1-5H3,(H,26,32)(H,27,33)(H,28,38)(H,29,39). The van der Waals surface area contributed by atoms with Crippen LogP contribution in [0, 0.1) is 0 Å². The van der Waals surface area contributed by atoms with Crippen LogP contribution in [0.2, 0.25) is 0 Å². The molecule has 2 heterocycles. The predicted octanol–water partition coefficient (Wildman–Crippen LogP) is -2.86.